The van der Waals surface area contributed by atoms with E-state index in [0.717, 1.165) is 32.5 Å². The topological polar surface area (TPSA) is 70.7 Å². The fourth-order valence-electron chi connectivity index (χ4n) is 3.66. The number of carbonyl (C=O) groups excluding carboxylic acids is 2. The molecule has 34 heavy (non-hydrogen) atoms. The van der Waals surface area contributed by atoms with Crippen LogP contribution in [0.1, 0.15) is 39.1 Å². The highest BCUT2D eigenvalue weighted by Gasteiger charge is 2.12. The van der Waals surface area contributed by atoms with Gasteiger partial charge in [-0.05, 0) is 49.2 Å². The molecule has 0 aliphatic rings. The molecule has 3 rings (SSSR count). The third-order valence-electron chi connectivity index (χ3n) is 5.50. The molecule has 178 valence electrons. The zero-order valence-corrected chi connectivity index (χ0v) is 19.7. The maximum Gasteiger partial charge on any atom is 0.254 e. The summed E-state index contributed by atoms with van der Waals surface area (Å²) in [6, 6.07) is 26.9. The normalized spacial score (nSPS) is 10.6. The summed E-state index contributed by atoms with van der Waals surface area (Å²) in [4.78, 5) is 26.6. The fraction of sp³-hybridized carbons (Fsp3) is 0.286. The monoisotopic (exact) mass is 459 g/mol. The van der Waals surface area contributed by atoms with E-state index < -0.39 is 0 Å². The van der Waals surface area contributed by atoms with E-state index in [1.807, 2.05) is 66.7 Å². The number of ether oxygens (including phenoxy) is 1. The molecule has 2 amide bonds. The van der Waals surface area contributed by atoms with Crippen molar-refractivity contribution in [2.24, 2.45) is 0 Å². The molecule has 0 saturated carbocycles. The molecule has 6 heteroatoms. The first-order valence-electron chi connectivity index (χ1n) is 11.7. The van der Waals surface area contributed by atoms with Gasteiger partial charge in [0.1, 0.15) is 12.4 Å². The molecule has 3 aromatic rings. The Morgan fingerprint density at radius 1 is 0.794 bits per heavy atom. The maximum absolute atomic E-state index is 12.2. The number of carbonyl (C=O) groups is 2. The molecule has 0 atom stereocenters. The van der Waals surface area contributed by atoms with Gasteiger partial charge in [0.05, 0.1) is 5.56 Å². The Morgan fingerprint density at radius 2 is 1.47 bits per heavy atom. The summed E-state index contributed by atoms with van der Waals surface area (Å²) >= 11 is 0. The van der Waals surface area contributed by atoms with Crippen molar-refractivity contribution in [1.82, 2.24) is 15.5 Å². The lowest BCUT2D eigenvalue weighted by molar-refractivity contribution is 0.0947. The standard InChI is InChI=1S/C28H33N3O3/c1-29-28(33)25-16-8-9-17-26(25)34-21-20-31(22-23-12-4-2-5-13-23)19-11-10-18-30-27(32)24-14-6-3-7-15-24/h2-9,12-17H,10-11,18-22H2,1H3,(H,29,33)(H,30,32). The summed E-state index contributed by atoms with van der Waals surface area (Å²) in [5.74, 6) is 0.393. The van der Waals surface area contributed by atoms with Crippen molar-refractivity contribution >= 4 is 11.8 Å². The molecular formula is C28H33N3O3. The summed E-state index contributed by atoms with van der Waals surface area (Å²) < 4.78 is 5.98. The van der Waals surface area contributed by atoms with Crippen molar-refractivity contribution in [3.63, 3.8) is 0 Å². The van der Waals surface area contributed by atoms with E-state index in [1.165, 1.54) is 5.56 Å². The second-order valence-corrected chi connectivity index (χ2v) is 8.01. The highest BCUT2D eigenvalue weighted by atomic mass is 16.5. The van der Waals surface area contributed by atoms with Gasteiger partial charge in [-0.25, -0.2) is 0 Å². The van der Waals surface area contributed by atoms with Crippen LogP contribution in [-0.4, -0.2) is 50.0 Å². The van der Waals surface area contributed by atoms with Gasteiger partial charge < -0.3 is 15.4 Å². The third-order valence-corrected chi connectivity index (χ3v) is 5.50. The van der Waals surface area contributed by atoms with Gasteiger partial charge in [-0.2, -0.15) is 0 Å². The molecule has 0 saturated heterocycles. The zero-order valence-electron chi connectivity index (χ0n) is 19.7. The summed E-state index contributed by atoms with van der Waals surface area (Å²) in [5, 5.41) is 5.64. The van der Waals surface area contributed by atoms with Crippen molar-refractivity contribution in [3.05, 3.63) is 102 Å². The number of hydrogen-bond donors (Lipinski definition) is 2. The largest absolute Gasteiger partial charge is 0.491 e. The zero-order chi connectivity index (χ0) is 24.0. The molecule has 0 bridgehead atoms. The van der Waals surface area contributed by atoms with Gasteiger partial charge in [0.15, 0.2) is 0 Å². The van der Waals surface area contributed by atoms with Crippen molar-refractivity contribution in [1.29, 1.82) is 0 Å². The van der Waals surface area contributed by atoms with Crippen LogP contribution in [0.15, 0.2) is 84.9 Å². The lowest BCUT2D eigenvalue weighted by atomic mass is 10.2. The Balaban J connectivity index is 1.48. The molecule has 0 aliphatic carbocycles. The molecular weight excluding hydrogens is 426 g/mol. The van der Waals surface area contributed by atoms with E-state index in [1.54, 1.807) is 13.1 Å². The van der Waals surface area contributed by atoms with Crippen LogP contribution in [0, 0.1) is 0 Å². The predicted molar refractivity (Wildman–Crippen MR) is 135 cm³/mol. The number of nitrogens with zero attached hydrogens (tertiary/aromatic N) is 1. The Hall–Kier alpha value is -3.64. The van der Waals surface area contributed by atoms with E-state index in [-0.39, 0.29) is 11.8 Å². The number of nitrogens with one attached hydrogen (secondary N) is 2. The van der Waals surface area contributed by atoms with E-state index >= 15 is 0 Å². The first kappa shape index (κ1) is 25.0. The van der Waals surface area contributed by atoms with Crippen LogP contribution >= 0.6 is 0 Å². The van der Waals surface area contributed by atoms with Gasteiger partial charge in [-0.3, -0.25) is 14.5 Å². The van der Waals surface area contributed by atoms with Crippen molar-refractivity contribution in [3.8, 4) is 5.75 Å². The molecule has 0 spiro atoms. The number of rotatable bonds is 13. The van der Waals surface area contributed by atoms with Gasteiger partial charge in [0.25, 0.3) is 11.8 Å². The molecule has 0 unspecified atom stereocenters. The number of amides is 2. The van der Waals surface area contributed by atoms with Crippen molar-refractivity contribution in [2.75, 3.05) is 33.3 Å². The molecule has 3 aromatic carbocycles. The van der Waals surface area contributed by atoms with Gasteiger partial charge in [-0.15, -0.1) is 0 Å². The first-order chi connectivity index (χ1) is 16.7. The molecule has 0 aliphatic heterocycles. The Labute approximate surface area is 201 Å². The predicted octanol–water partition coefficient (Wildman–Crippen LogP) is 4.14. The van der Waals surface area contributed by atoms with Gasteiger partial charge in [0.2, 0.25) is 0 Å². The summed E-state index contributed by atoms with van der Waals surface area (Å²) in [7, 11) is 1.61. The smallest absolute Gasteiger partial charge is 0.254 e. The lowest BCUT2D eigenvalue weighted by Crippen LogP contribution is -2.30. The molecule has 0 aromatic heterocycles. The van der Waals surface area contributed by atoms with Crippen LogP contribution in [0.3, 0.4) is 0 Å². The van der Waals surface area contributed by atoms with Crippen LogP contribution < -0.4 is 15.4 Å². The van der Waals surface area contributed by atoms with Crippen molar-refractivity contribution in [2.45, 2.75) is 19.4 Å². The highest BCUT2D eigenvalue weighted by Crippen LogP contribution is 2.18. The van der Waals surface area contributed by atoms with Gasteiger partial charge in [-0.1, -0.05) is 60.7 Å². The molecule has 0 fully saturated rings. The highest BCUT2D eigenvalue weighted by molar-refractivity contribution is 5.96. The minimum absolute atomic E-state index is 0.0371. The van der Waals surface area contributed by atoms with E-state index in [4.69, 9.17) is 4.74 Å². The average Bonchev–Trinajstić information content (AvgIpc) is 2.89. The third kappa shape index (κ3) is 8.05. The second-order valence-electron chi connectivity index (χ2n) is 8.01. The summed E-state index contributed by atoms with van der Waals surface area (Å²) in [6.07, 6.45) is 1.85. The molecule has 0 heterocycles. The molecule has 2 N–H and O–H groups in total. The fourth-order valence-corrected chi connectivity index (χ4v) is 3.66. The molecule has 0 radical (unpaired) electrons. The SMILES string of the molecule is CNC(=O)c1ccccc1OCCN(CCCCNC(=O)c1ccccc1)Cc1ccccc1. The average molecular weight is 460 g/mol. The van der Waals surface area contributed by atoms with Gasteiger partial charge >= 0.3 is 0 Å². The lowest BCUT2D eigenvalue weighted by Gasteiger charge is -2.23. The Morgan fingerprint density at radius 3 is 2.21 bits per heavy atom. The number of hydrogen-bond acceptors (Lipinski definition) is 4. The van der Waals surface area contributed by atoms with E-state index in [9.17, 15) is 9.59 Å². The van der Waals surface area contributed by atoms with E-state index in [0.29, 0.717) is 30.0 Å². The number of benzene rings is 3. The van der Waals surface area contributed by atoms with Crippen LogP contribution in [0.25, 0.3) is 0 Å². The van der Waals surface area contributed by atoms with Crippen molar-refractivity contribution < 1.29 is 14.3 Å². The quantitative estimate of drug-likeness (QED) is 0.377. The Kier molecular flexibility index (Phi) is 10.1. The first-order valence-corrected chi connectivity index (χ1v) is 11.7. The molecule has 6 nitrogen and oxygen atoms in total. The van der Waals surface area contributed by atoms with Crippen LogP contribution in [0.5, 0.6) is 5.75 Å². The number of unbranched alkanes of at least 4 members (excludes halogenated alkanes) is 1. The second kappa shape index (κ2) is 13.8. The van der Waals surface area contributed by atoms with Crippen LogP contribution in [-0.2, 0) is 6.54 Å². The van der Waals surface area contributed by atoms with E-state index in [2.05, 4.69) is 27.7 Å². The Bertz CT molecular complexity index is 1030. The van der Waals surface area contributed by atoms with Crippen LogP contribution in [0.2, 0.25) is 0 Å². The summed E-state index contributed by atoms with van der Waals surface area (Å²) in [6.45, 7) is 3.55. The number of para-hydroxylation sites is 1. The van der Waals surface area contributed by atoms with Crippen LogP contribution in [0.4, 0.5) is 0 Å². The van der Waals surface area contributed by atoms with Gasteiger partial charge in [0, 0.05) is 32.2 Å². The minimum atomic E-state index is -0.158. The minimum Gasteiger partial charge on any atom is -0.491 e. The maximum atomic E-state index is 12.2. The summed E-state index contributed by atoms with van der Waals surface area (Å²) in [5.41, 5.74) is 2.46.